The second-order valence-corrected chi connectivity index (χ2v) is 10.5. The van der Waals surface area contributed by atoms with Gasteiger partial charge in [0, 0.05) is 29.8 Å². The maximum atomic E-state index is 14.5. The molecule has 0 radical (unpaired) electrons. The third-order valence-corrected chi connectivity index (χ3v) is 9.65. The molecule has 7 rings (SSSR count). The fourth-order valence-electron chi connectivity index (χ4n) is 6.95. The number of amidine groups is 1. The van der Waals surface area contributed by atoms with Gasteiger partial charge in [0.2, 0.25) is 5.91 Å². The van der Waals surface area contributed by atoms with Crippen molar-refractivity contribution in [1.29, 1.82) is 0 Å². The van der Waals surface area contributed by atoms with Crippen molar-refractivity contribution in [3.63, 3.8) is 0 Å². The van der Waals surface area contributed by atoms with Crippen molar-refractivity contribution in [3.8, 4) is 5.75 Å². The summed E-state index contributed by atoms with van der Waals surface area (Å²) in [7, 11) is 1.66. The molecule has 33 heavy (non-hydrogen) atoms. The summed E-state index contributed by atoms with van der Waals surface area (Å²) in [5.74, 6) is 0.566. The third kappa shape index (κ3) is 2.14. The third-order valence-electron chi connectivity index (χ3n) is 8.08. The number of rotatable bonds is 2. The molecule has 4 atom stereocenters. The number of carbonyl (C=O) groups excluding carboxylic acids is 2. The number of methoxy groups -OCH3 is 1. The molecule has 0 saturated carbocycles. The highest BCUT2D eigenvalue weighted by Gasteiger charge is 2.81. The van der Waals surface area contributed by atoms with Gasteiger partial charge in [0.1, 0.15) is 10.5 Å². The molecule has 3 saturated heterocycles. The first kappa shape index (κ1) is 19.6. The largest absolute Gasteiger partial charge is 0.497 e. The fourth-order valence-corrected chi connectivity index (χ4v) is 8.76. The van der Waals surface area contributed by atoms with Crippen LogP contribution in [0.4, 0.5) is 5.69 Å². The molecular formula is C25H24N4O3S. The van der Waals surface area contributed by atoms with Gasteiger partial charge >= 0.3 is 0 Å². The zero-order chi connectivity index (χ0) is 22.4. The topological polar surface area (TPSA) is 74.2 Å². The lowest BCUT2D eigenvalue weighted by molar-refractivity contribution is -0.138. The van der Waals surface area contributed by atoms with Crippen molar-refractivity contribution in [2.45, 2.75) is 35.1 Å². The highest BCUT2D eigenvalue weighted by atomic mass is 32.2. The summed E-state index contributed by atoms with van der Waals surface area (Å²) >= 11 is 1.53. The van der Waals surface area contributed by atoms with Gasteiger partial charge in [-0.15, -0.1) is 0 Å². The molecule has 2 aromatic rings. The van der Waals surface area contributed by atoms with Gasteiger partial charge in [-0.2, -0.15) is 0 Å². The Morgan fingerprint density at radius 1 is 1.12 bits per heavy atom. The number of benzene rings is 2. The van der Waals surface area contributed by atoms with Gasteiger partial charge in [-0.1, -0.05) is 42.1 Å². The van der Waals surface area contributed by atoms with E-state index in [1.54, 1.807) is 7.11 Å². The Kier molecular flexibility index (Phi) is 3.93. The molecule has 7 nitrogen and oxygen atoms in total. The number of fused-ring (bicyclic) bond motifs is 6. The number of hydrogen-bond acceptors (Lipinski definition) is 6. The van der Waals surface area contributed by atoms with Crippen molar-refractivity contribution in [1.82, 2.24) is 9.80 Å². The highest BCUT2D eigenvalue weighted by Crippen LogP contribution is 2.69. The molecule has 168 valence electrons. The van der Waals surface area contributed by atoms with Crippen LogP contribution in [0.3, 0.4) is 0 Å². The lowest BCUT2D eigenvalue weighted by Crippen LogP contribution is -2.62. The molecule has 0 bridgehead atoms. The number of nitrogens with one attached hydrogen (secondary N) is 1. The molecule has 0 unspecified atom stereocenters. The average Bonchev–Trinajstić information content (AvgIpc) is 3.62. The first-order valence-electron chi connectivity index (χ1n) is 11.5. The maximum absolute atomic E-state index is 14.5. The molecule has 2 spiro atoms. The van der Waals surface area contributed by atoms with Crippen LogP contribution in [-0.4, -0.2) is 64.3 Å². The molecule has 2 aromatic carbocycles. The standard InChI is InChI=1S/C25H24N4O3S/c1-32-16-10-8-15(9-11-16)20-19-7-4-13-29(19)24(17-5-2-3-6-18(17)27-21(24)30)25(20)22(31)28-14-12-26-23(28)33-25/h2-3,5-6,8-11,19-20H,4,7,12-14H2,1H3,(H,27,30)/t19-,20-,24-,25+/m1/s1. The lowest BCUT2D eigenvalue weighted by Gasteiger charge is -2.42. The van der Waals surface area contributed by atoms with E-state index in [1.807, 2.05) is 41.3 Å². The fraction of sp³-hybridized carbons (Fsp3) is 0.400. The van der Waals surface area contributed by atoms with Crippen LogP contribution in [0.1, 0.15) is 29.9 Å². The average molecular weight is 461 g/mol. The summed E-state index contributed by atoms with van der Waals surface area (Å²) in [6.45, 7) is 2.00. The summed E-state index contributed by atoms with van der Waals surface area (Å²) in [6.07, 6.45) is 1.96. The summed E-state index contributed by atoms with van der Waals surface area (Å²) in [6, 6.07) is 16.0. The van der Waals surface area contributed by atoms with Crippen LogP contribution in [0, 0.1) is 0 Å². The van der Waals surface area contributed by atoms with Gasteiger partial charge < -0.3 is 10.1 Å². The van der Waals surface area contributed by atoms with Crippen LogP contribution in [0.5, 0.6) is 5.75 Å². The van der Waals surface area contributed by atoms with E-state index in [0.29, 0.717) is 13.1 Å². The van der Waals surface area contributed by atoms with Gasteiger partial charge in [0.15, 0.2) is 10.7 Å². The van der Waals surface area contributed by atoms with Crippen LogP contribution >= 0.6 is 11.8 Å². The number of thioether (sulfide) groups is 1. The van der Waals surface area contributed by atoms with Crippen LogP contribution in [-0.2, 0) is 15.1 Å². The van der Waals surface area contributed by atoms with Crippen molar-refractivity contribution in [2.75, 3.05) is 32.1 Å². The second kappa shape index (κ2) is 6.61. The van der Waals surface area contributed by atoms with Crippen LogP contribution in [0.25, 0.3) is 0 Å². The lowest BCUT2D eigenvalue weighted by atomic mass is 9.70. The molecule has 5 aliphatic rings. The van der Waals surface area contributed by atoms with E-state index in [-0.39, 0.29) is 23.8 Å². The number of para-hydroxylation sites is 1. The van der Waals surface area contributed by atoms with E-state index < -0.39 is 10.3 Å². The first-order chi connectivity index (χ1) is 16.1. The Labute approximate surface area is 196 Å². The van der Waals surface area contributed by atoms with Crippen molar-refractivity contribution in [3.05, 3.63) is 59.7 Å². The van der Waals surface area contributed by atoms with Crippen molar-refractivity contribution >= 4 is 34.4 Å². The molecule has 5 heterocycles. The molecule has 5 aliphatic heterocycles. The van der Waals surface area contributed by atoms with E-state index in [0.717, 1.165) is 47.1 Å². The van der Waals surface area contributed by atoms with E-state index in [9.17, 15) is 9.59 Å². The van der Waals surface area contributed by atoms with Gasteiger partial charge in [0.05, 0.1) is 13.7 Å². The van der Waals surface area contributed by atoms with Crippen molar-refractivity contribution < 1.29 is 14.3 Å². The number of ether oxygens (including phenoxy) is 1. The molecule has 8 heteroatoms. The number of aliphatic imine (C=N–C) groups is 1. The number of nitrogens with zero attached hydrogens (tertiary/aromatic N) is 3. The van der Waals surface area contributed by atoms with E-state index in [1.165, 1.54) is 11.8 Å². The summed E-state index contributed by atoms with van der Waals surface area (Å²) in [4.78, 5) is 37.4. The maximum Gasteiger partial charge on any atom is 0.251 e. The molecule has 1 N–H and O–H groups in total. The summed E-state index contributed by atoms with van der Waals surface area (Å²) < 4.78 is 4.39. The van der Waals surface area contributed by atoms with Gasteiger partial charge in [-0.05, 0) is 43.1 Å². The Hall–Kier alpha value is -2.84. The van der Waals surface area contributed by atoms with E-state index >= 15 is 0 Å². The Balaban J connectivity index is 1.54. The molecule has 2 amide bonds. The Morgan fingerprint density at radius 2 is 1.94 bits per heavy atom. The van der Waals surface area contributed by atoms with Crippen LogP contribution < -0.4 is 10.1 Å². The number of hydrogen-bond donors (Lipinski definition) is 1. The van der Waals surface area contributed by atoms with Crippen LogP contribution in [0.15, 0.2) is 53.5 Å². The number of carbonyl (C=O) groups is 2. The predicted molar refractivity (Wildman–Crippen MR) is 127 cm³/mol. The number of amides is 2. The predicted octanol–water partition coefficient (Wildman–Crippen LogP) is 2.79. The summed E-state index contributed by atoms with van der Waals surface area (Å²) in [5.41, 5.74) is 1.74. The normalized spacial score (nSPS) is 34.1. The molecular weight excluding hydrogens is 436 g/mol. The van der Waals surface area contributed by atoms with Gasteiger partial charge in [-0.3, -0.25) is 24.4 Å². The van der Waals surface area contributed by atoms with E-state index in [2.05, 4.69) is 27.3 Å². The first-order valence-corrected chi connectivity index (χ1v) is 12.3. The van der Waals surface area contributed by atoms with Crippen LogP contribution in [0.2, 0.25) is 0 Å². The minimum Gasteiger partial charge on any atom is -0.497 e. The number of anilines is 1. The van der Waals surface area contributed by atoms with E-state index in [4.69, 9.17) is 4.74 Å². The minimum atomic E-state index is -1.07. The van der Waals surface area contributed by atoms with Crippen molar-refractivity contribution in [2.24, 2.45) is 4.99 Å². The molecule has 3 fully saturated rings. The summed E-state index contributed by atoms with van der Waals surface area (Å²) in [5, 5.41) is 3.91. The quantitative estimate of drug-likeness (QED) is 0.746. The second-order valence-electron chi connectivity index (χ2n) is 9.32. The zero-order valence-electron chi connectivity index (χ0n) is 18.3. The Bertz CT molecular complexity index is 1230. The molecule has 0 aromatic heterocycles. The minimum absolute atomic E-state index is 0.0193. The zero-order valence-corrected chi connectivity index (χ0v) is 19.1. The SMILES string of the molecule is COc1ccc([C@@H]2[C@H]3CCCN3[C@]3(C(=O)Nc4ccccc43)[C@]23SC2=NCCN2C3=O)cc1. The Morgan fingerprint density at radius 3 is 2.73 bits per heavy atom. The monoisotopic (exact) mass is 460 g/mol. The van der Waals surface area contributed by atoms with Gasteiger partial charge in [0.25, 0.3) is 5.91 Å². The van der Waals surface area contributed by atoms with Gasteiger partial charge in [-0.25, -0.2) is 0 Å². The molecule has 0 aliphatic carbocycles. The highest BCUT2D eigenvalue weighted by molar-refractivity contribution is 8.16. The smallest absolute Gasteiger partial charge is 0.251 e.